The van der Waals surface area contributed by atoms with Gasteiger partial charge >= 0.3 is 6.01 Å². The van der Waals surface area contributed by atoms with Gasteiger partial charge in [-0.05, 0) is 19.8 Å². The fourth-order valence-electron chi connectivity index (χ4n) is 2.70. The molecule has 1 aromatic rings. The number of hydrogen-bond donors (Lipinski definition) is 3. The minimum Gasteiger partial charge on any atom is -0.464 e. The molecule has 0 amide bonds. The molecule has 1 aromatic heterocycles. The van der Waals surface area contributed by atoms with E-state index in [0.717, 1.165) is 12.8 Å². The number of nitrogens with zero attached hydrogens (tertiary/aromatic N) is 3. The van der Waals surface area contributed by atoms with Crippen LogP contribution < -0.4 is 15.4 Å². The lowest BCUT2D eigenvalue weighted by Gasteiger charge is -2.35. The third-order valence-electron chi connectivity index (χ3n) is 3.98. The zero-order valence-corrected chi connectivity index (χ0v) is 12.9. The van der Waals surface area contributed by atoms with Gasteiger partial charge in [-0.15, -0.1) is 0 Å². The summed E-state index contributed by atoms with van der Waals surface area (Å²) in [7, 11) is 1.76. The van der Waals surface area contributed by atoms with Gasteiger partial charge in [-0.1, -0.05) is 19.3 Å². The average molecular weight is 295 g/mol. The molecule has 0 unspecified atom stereocenters. The number of aliphatic hydroxyl groups is 1. The summed E-state index contributed by atoms with van der Waals surface area (Å²) in [4.78, 5) is 12.7. The molecule has 0 aromatic carbocycles. The predicted molar refractivity (Wildman–Crippen MR) is 81.6 cm³/mol. The highest BCUT2D eigenvalue weighted by molar-refractivity contribution is 5.35. The molecule has 118 valence electrons. The van der Waals surface area contributed by atoms with Crippen molar-refractivity contribution in [2.45, 2.75) is 39.0 Å². The van der Waals surface area contributed by atoms with Crippen molar-refractivity contribution < 1.29 is 9.84 Å². The molecule has 3 N–H and O–H groups in total. The number of ether oxygens (including phenoxy) is 1. The van der Waals surface area contributed by atoms with Gasteiger partial charge in [0.05, 0.1) is 13.2 Å². The van der Waals surface area contributed by atoms with Crippen LogP contribution in [0.5, 0.6) is 6.01 Å². The Morgan fingerprint density at radius 1 is 1.14 bits per heavy atom. The molecule has 21 heavy (non-hydrogen) atoms. The Balaban J connectivity index is 2.05. The summed E-state index contributed by atoms with van der Waals surface area (Å²) in [5.74, 6) is 0.953. The molecule has 1 aliphatic carbocycles. The van der Waals surface area contributed by atoms with E-state index in [1.807, 2.05) is 6.92 Å². The first-order valence-electron chi connectivity index (χ1n) is 7.63. The molecular weight excluding hydrogens is 270 g/mol. The van der Waals surface area contributed by atoms with Crippen LogP contribution in [0.25, 0.3) is 0 Å². The van der Waals surface area contributed by atoms with Gasteiger partial charge in [-0.25, -0.2) is 0 Å². The van der Waals surface area contributed by atoms with E-state index in [9.17, 15) is 5.11 Å². The number of nitrogens with one attached hydrogen (secondary N) is 2. The standard InChI is InChI=1S/C14H25N5O2/c1-3-21-13-18-11(15-2)17-12(19-13)16-9-14(10-20)7-5-4-6-8-14/h20H,3-10H2,1-2H3,(H2,15,16,17,18,19). The molecule has 7 heteroatoms. The summed E-state index contributed by atoms with van der Waals surface area (Å²) in [5.41, 5.74) is -0.0591. The topological polar surface area (TPSA) is 92.2 Å². The summed E-state index contributed by atoms with van der Waals surface area (Å²) < 4.78 is 5.34. The van der Waals surface area contributed by atoms with Crippen LogP contribution in [0, 0.1) is 5.41 Å². The number of aromatic nitrogens is 3. The van der Waals surface area contributed by atoms with Crippen molar-refractivity contribution in [1.29, 1.82) is 0 Å². The molecule has 0 spiro atoms. The molecule has 0 saturated heterocycles. The van der Waals surface area contributed by atoms with E-state index >= 15 is 0 Å². The zero-order chi connectivity index (χ0) is 15.1. The van der Waals surface area contributed by atoms with Crippen LogP contribution in [0.15, 0.2) is 0 Å². The largest absolute Gasteiger partial charge is 0.464 e. The lowest BCUT2D eigenvalue weighted by atomic mass is 9.74. The van der Waals surface area contributed by atoms with Gasteiger partial charge in [0.25, 0.3) is 0 Å². The maximum atomic E-state index is 9.73. The van der Waals surface area contributed by atoms with Crippen LogP contribution in [0.3, 0.4) is 0 Å². The Bertz CT molecular complexity index is 449. The second kappa shape index (κ2) is 7.40. The highest BCUT2D eigenvalue weighted by Crippen LogP contribution is 2.35. The Labute approximate surface area is 125 Å². The lowest BCUT2D eigenvalue weighted by molar-refractivity contribution is 0.0942. The van der Waals surface area contributed by atoms with Crippen LogP contribution in [0.4, 0.5) is 11.9 Å². The summed E-state index contributed by atoms with van der Waals surface area (Å²) in [6, 6.07) is 0.307. The van der Waals surface area contributed by atoms with Crippen molar-refractivity contribution in [2.24, 2.45) is 5.41 Å². The van der Waals surface area contributed by atoms with Crippen molar-refractivity contribution in [3.63, 3.8) is 0 Å². The highest BCUT2D eigenvalue weighted by Gasteiger charge is 2.31. The van der Waals surface area contributed by atoms with E-state index in [1.165, 1.54) is 19.3 Å². The normalized spacial score (nSPS) is 17.3. The molecule has 7 nitrogen and oxygen atoms in total. The zero-order valence-electron chi connectivity index (χ0n) is 12.9. The predicted octanol–water partition coefficient (Wildman–Crippen LogP) is 1.67. The van der Waals surface area contributed by atoms with Gasteiger partial charge in [0, 0.05) is 19.0 Å². The van der Waals surface area contributed by atoms with E-state index < -0.39 is 0 Å². The summed E-state index contributed by atoms with van der Waals surface area (Å²) in [5, 5.41) is 15.9. The summed E-state index contributed by atoms with van der Waals surface area (Å²) in [6.07, 6.45) is 5.68. The van der Waals surface area contributed by atoms with E-state index in [-0.39, 0.29) is 12.0 Å². The van der Waals surface area contributed by atoms with Crippen molar-refractivity contribution in [1.82, 2.24) is 15.0 Å². The molecule has 0 aliphatic heterocycles. The number of hydrogen-bond acceptors (Lipinski definition) is 7. The van der Waals surface area contributed by atoms with Gasteiger partial charge in [0.2, 0.25) is 11.9 Å². The van der Waals surface area contributed by atoms with Crippen molar-refractivity contribution in [2.75, 3.05) is 37.4 Å². The minimum absolute atomic E-state index is 0.0591. The second-order valence-electron chi connectivity index (χ2n) is 5.52. The van der Waals surface area contributed by atoms with Crippen molar-refractivity contribution in [3.05, 3.63) is 0 Å². The molecule has 1 aliphatic rings. The Hall–Kier alpha value is -1.63. The van der Waals surface area contributed by atoms with Gasteiger partial charge in [0.1, 0.15) is 0 Å². The number of anilines is 2. The maximum Gasteiger partial charge on any atom is 0.323 e. The molecule has 2 rings (SSSR count). The third kappa shape index (κ3) is 4.17. The molecule has 0 radical (unpaired) electrons. The lowest BCUT2D eigenvalue weighted by Crippen LogP contribution is -2.36. The first kappa shape index (κ1) is 15.8. The fraction of sp³-hybridized carbons (Fsp3) is 0.786. The van der Waals surface area contributed by atoms with E-state index in [0.29, 0.717) is 31.1 Å². The van der Waals surface area contributed by atoms with Gasteiger partial charge in [0.15, 0.2) is 0 Å². The van der Waals surface area contributed by atoms with E-state index in [2.05, 4.69) is 25.6 Å². The van der Waals surface area contributed by atoms with Gasteiger partial charge < -0.3 is 20.5 Å². The van der Waals surface area contributed by atoms with E-state index in [1.54, 1.807) is 7.05 Å². The number of rotatable bonds is 7. The fourth-order valence-corrected chi connectivity index (χ4v) is 2.70. The Kier molecular flexibility index (Phi) is 5.55. The van der Waals surface area contributed by atoms with Gasteiger partial charge in [-0.2, -0.15) is 15.0 Å². The molecular formula is C14H25N5O2. The van der Waals surface area contributed by atoms with E-state index in [4.69, 9.17) is 4.74 Å². The highest BCUT2D eigenvalue weighted by atomic mass is 16.5. The van der Waals surface area contributed by atoms with Crippen LogP contribution in [0.1, 0.15) is 39.0 Å². The smallest absolute Gasteiger partial charge is 0.323 e. The molecule has 1 fully saturated rings. The molecule has 0 bridgehead atoms. The quantitative estimate of drug-likeness (QED) is 0.704. The number of aliphatic hydroxyl groups excluding tert-OH is 1. The maximum absolute atomic E-state index is 9.73. The van der Waals surface area contributed by atoms with Crippen LogP contribution >= 0.6 is 0 Å². The van der Waals surface area contributed by atoms with Crippen LogP contribution in [0.2, 0.25) is 0 Å². The van der Waals surface area contributed by atoms with Crippen molar-refractivity contribution in [3.8, 4) is 6.01 Å². The summed E-state index contributed by atoms with van der Waals surface area (Å²) >= 11 is 0. The van der Waals surface area contributed by atoms with Gasteiger partial charge in [-0.3, -0.25) is 0 Å². The van der Waals surface area contributed by atoms with Crippen LogP contribution in [-0.2, 0) is 0 Å². The molecule has 0 atom stereocenters. The van der Waals surface area contributed by atoms with Crippen LogP contribution in [-0.4, -0.2) is 46.9 Å². The Morgan fingerprint density at radius 3 is 2.48 bits per heavy atom. The monoisotopic (exact) mass is 295 g/mol. The molecule has 1 heterocycles. The SMILES string of the molecule is CCOc1nc(NC)nc(NCC2(CO)CCCCC2)n1. The summed E-state index contributed by atoms with van der Waals surface area (Å²) in [6.45, 7) is 3.26. The minimum atomic E-state index is -0.0591. The second-order valence-corrected chi connectivity index (χ2v) is 5.52. The average Bonchev–Trinajstić information content (AvgIpc) is 2.54. The first-order valence-corrected chi connectivity index (χ1v) is 7.63. The molecule has 1 saturated carbocycles. The Morgan fingerprint density at radius 2 is 1.86 bits per heavy atom. The van der Waals surface area contributed by atoms with Crippen molar-refractivity contribution >= 4 is 11.9 Å². The first-order chi connectivity index (χ1) is 10.2. The third-order valence-corrected chi connectivity index (χ3v) is 3.98.